The van der Waals surface area contributed by atoms with Crippen LogP contribution in [0.1, 0.15) is 0 Å². The molecule has 0 spiro atoms. The molecule has 296 valence electrons. The van der Waals surface area contributed by atoms with Crippen molar-refractivity contribution in [2.24, 2.45) is 0 Å². The van der Waals surface area contributed by atoms with Gasteiger partial charge in [0.2, 0.25) is 0 Å². The SMILES string of the molecule is c1ccc(-c2ccc(-n3c4ccccc4c4ccc(N(c5ccccc5)c5ccc(-c6cccc7c6oc6ccccc67)cc5-c5ccccc5)cc43)cc2-c2ccccc2)cc1. The fraction of sp³-hybridized carbons (Fsp3) is 0. The molecule has 0 bridgehead atoms. The Hall–Kier alpha value is -8.40. The van der Waals surface area contributed by atoms with Gasteiger partial charge in [0.05, 0.1) is 16.7 Å². The third kappa shape index (κ3) is 6.29. The van der Waals surface area contributed by atoms with Gasteiger partial charge in [0, 0.05) is 49.7 Å². The number of aromatic nitrogens is 1. The lowest BCUT2D eigenvalue weighted by molar-refractivity contribution is 0.670. The van der Waals surface area contributed by atoms with E-state index in [1.54, 1.807) is 0 Å². The molecule has 0 unspecified atom stereocenters. The summed E-state index contributed by atoms with van der Waals surface area (Å²) in [5.74, 6) is 0. The van der Waals surface area contributed by atoms with E-state index in [1.165, 1.54) is 33.0 Å². The molecule has 63 heavy (non-hydrogen) atoms. The molecule has 0 N–H and O–H groups in total. The number of benzene rings is 10. The normalized spacial score (nSPS) is 11.5. The highest BCUT2D eigenvalue weighted by Gasteiger charge is 2.22. The van der Waals surface area contributed by atoms with E-state index in [-0.39, 0.29) is 0 Å². The summed E-state index contributed by atoms with van der Waals surface area (Å²) >= 11 is 0. The smallest absolute Gasteiger partial charge is 0.143 e. The predicted octanol–water partition coefficient (Wildman–Crippen LogP) is 16.8. The maximum absolute atomic E-state index is 6.56. The third-order valence-electron chi connectivity index (χ3n) is 12.4. The minimum Gasteiger partial charge on any atom is -0.455 e. The highest BCUT2D eigenvalue weighted by atomic mass is 16.3. The average molecular weight is 805 g/mol. The van der Waals surface area contributed by atoms with Gasteiger partial charge in [-0.1, -0.05) is 182 Å². The van der Waals surface area contributed by atoms with E-state index in [9.17, 15) is 0 Å². The van der Waals surface area contributed by atoms with Gasteiger partial charge in [0.1, 0.15) is 11.2 Å². The van der Waals surface area contributed by atoms with Gasteiger partial charge in [-0.15, -0.1) is 0 Å². The van der Waals surface area contributed by atoms with Gasteiger partial charge in [0.25, 0.3) is 0 Å². The van der Waals surface area contributed by atoms with Crippen molar-refractivity contribution in [2.75, 3.05) is 4.90 Å². The lowest BCUT2D eigenvalue weighted by atomic mass is 9.94. The largest absolute Gasteiger partial charge is 0.455 e. The van der Waals surface area contributed by atoms with Gasteiger partial charge in [-0.05, 0) is 94.0 Å². The standard InChI is InChI=1S/C60H40N2O/c1-5-18-41(19-6-1)48-35-33-46(39-54(48)42-20-7-2-8-21-42)62-56-30-15-13-26-50(56)51-36-34-47(40-58(51)62)61(45-24-11-4-12-25-45)57-37-32-44(38-55(57)43-22-9-3-10-23-43)49-28-17-29-53-52-27-14-16-31-59(52)63-60(49)53/h1-40H. The van der Waals surface area contributed by atoms with Crippen LogP contribution >= 0.6 is 0 Å². The fourth-order valence-corrected chi connectivity index (χ4v) is 9.50. The van der Waals surface area contributed by atoms with Crippen LogP contribution in [-0.2, 0) is 0 Å². The summed E-state index contributed by atoms with van der Waals surface area (Å²) in [5.41, 5.74) is 17.6. The molecule has 0 aliphatic heterocycles. The minimum atomic E-state index is 0.895. The molecular weight excluding hydrogens is 765 g/mol. The molecule has 2 aromatic heterocycles. The van der Waals surface area contributed by atoms with E-state index in [2.05, 4.69) is 240 Å². The first-order valence-corrected chi connectivity index (χ1v) is 21.5. The number of furan rings is 1. The molecular formula is C60H40N2O. The summed E-state index contributed by atoms with van der Waals surface area (Å²) in [6, 6.07) is 87.2. The summed E-state index contributed by atoms with van der Waals surface area (Å²) in [7, 11) is 0. The van der Waals surface area contributed by atoms with Gasteiger partial charge in [-0.25, -0.2) is 0 Å². The highest BCUT2D eigenvalue weighted by Crippen LogP contribution is 2.46. The van der Waals surface area contributed by atoms with E-state index < -0.39 is 0 Å². The second-order valence-electron chi connectivity index (χ2n) is 16.1. The van der Waals surface area contributed by atoms with Crippen molar-refractivity contribution in [1.29, 1.82) is 0 Å². The number of para-hydroxylation sites is 4. The molecule has 0 aliphatic carbocycles. The molecule has 0 saturated carbocycles. The zero-order valence-electron chi connectivity index (χ0n) is 34.4. The maximum atomic E-state index is 6.56. The van der Waals surface area contributed by atoms with Gasteiger partial charge in [-0.3, -0.25) is 0 Å². The average Bonchev–Trinajstić information content (AvgIpc) is 3.91. The number of hydrogen-bond acceptors (Lipinski definition) is 2. The Morgan fingerprint density at radius 2 is 0.921 bits per heavy atom. The topological polar surface area (TPSA) is 21.3 Å². The van der Waals surface area contributed by atoms with Crippen LogP contribution in [0.25, 0.3) is 93.9 Å². The zero-order chi connectivity index (χ0) is 41.7. The van der Waals surface area contributed by atoms with Gasteiger partial charge in [0.15, 0.2) is 0 Å². The summed E-state index contributed by atoms with van der Waals surface area (Å²) in [5, 5.41) is 4.66. The zero-order valence-corrected chi connectivity index (χ0v) is 34.4. The van der Waals surface area contributed by atoms with Crippen molar-refractivity contribution in [2.45, 2.75) is 0 Å². The quantitative estimate of drug-likeness (QED) is 0.153. The summed E-state index contributed by atoms with van der Waals surface area (Å²) in [6.07, 6.45) is 0. The summed E-state index contributed by atoms with van der Waals surface area (Å²) in [6.45, 7) is 0. The first kappa shape index (κ1) is 36.5. The van der Waals surface area contributed by atoms with Crippen molar-refractivity contribution in [3.05, 3.63) is 243 Å². The molecule has 0 fully saturated rings. The molecule has 10 aromatic carbocycles. The van der Waals surface area contributed by atoms with Crippen LogP contribution in [0.4, 0.5) is 17.1 Å². The highest BCUT2D eigenvalue weighted by molar-refractivity contribution is 6.12. The Kier molecular flexibility index (Phi) is 8.83. The van der Waals surface area contributed by atoms with Crippen LogP contribution < -0.4 is 4.90 Å². The number of anilines is 3. The summed E-state index contributed by atoms with van der Waals surface area (Å²) < 4.78 is 9.00. The van der Waals surface area contributed by atoms with E-state index in [4.69, 9.17) is 4.42 Å². The van der Waals surface area contributed by atoms with E-state index in [1.807, 2.05) is 12.1 Å². The van der Waals surface area contributed by atoms with Crippen molar-refractivity contribution in [1.82, 2.24) is 4.57 Å². The second kappa shape index (κ2) is 15.3. The van der Waals surface area contributed by atoms with Crippen molar-refractivity contribution < 1.29 is 4.42 Å². The number of nitrogens with zero attached hydrogens (tertiary/aromatic N) is 2. The van der Waals surface area contributed by atoms with Crippen molar-refractivity contribution in [3.63, 3.8) is 0 Å². The summed E-state index contributed by atoms with van der Waals surface area (Å²) in [4.78, 5) is 2.41. The lowest BCUT2D eigenvalue weighted by Crippen LogP contribution is -2.11. The van der Waals surface area contributed by atoms with Gasteiger partial charge < -0.3 is 13.9 Å². The maximum Gasteiger partial charge on any atom is 0.143 e. The first-order valence-electron chi connectivity index (χ1n) is 21.5. The molecule has 3 heteroatoms. The Morgan fingerprint density at radius 3 is 1.67 bits per heavy atom. The molecule has 0 amide bonds. The Morgan fingerprint density at radius 1 is 0.317 bits per heavy atom. The van der Waals surface area contributed by atoms with E-state index in [0.29, 0.717) is 0 Å². The van der Waals surface area contributed by atoms with Crippen LogP contribution in [0.2, 0.25) is 0 Å². The minimum absolute atomic E-state index is 0.895. The van der Waals surface area contributed by atoms with E-state index >= 15 is 0 Å². The van der Waals surface area contributed by atoms with Gasteiger partial charge >= 0.3 is 0 Å². The van der Waals surface area contributed by atoms with Crippen LogP contribution in [0.5, 0.6) is 0 Å². The second-order valence-corrected chi connectivity index (χ2v) is 16.1. The molecule has 0 saturated heterocycles. The monoisotopic (exact) mass is 804 g/mol. The Balaban J connectivity index is 1.08. The van der Waals surface area contributed by atoms with Crippen molar-refractivity contribution >= 4 is 60.8 Å². The molecule has 3 nitrogen and oxygen atoms in total. The number of rotatable bonds is 8. The predicted molar refractivity (Wildman–Crippen MR) is 264 cm³/mol. The molecule has 12 rings (SSSR count). The molecule has 0 atom stereocenters. The third-order valence-corrected chi connectivity index (χ3v) is 12.4. The molecule has 12 aromatic rings. The van der Waals surface area contributed by atoms with E-state index in [0.717, 1.165) is 78.0 Å². The Bertz CT molecular complexity index is 3610. The molecule has 2 heterocycles. The number of fused-ring (bicyclic) bond motifs is 6. The van der Waals surface area contributed by atoms with Gasteiger partial charge in [-0.2, -0.15) is 0 Å². The van der Waals surface area contributed by atoms with Crippen LogP contribution in [0, 0.1) is 0 Å². The van der Waals surface area contributed by atoms with Crippen LogP contribution in [0.15, 0.2) is 247 Å². The molecule has 0 aliphatic rings. The molecule has 0 radical (unpaired) electrons. The Labute approximate surface area is 366 Å². The van der Waals surface area contributed by atoms with Crippen LogP contribution in [0.3, 0.4) is 0 Å². The first-order chi connectivity index (χ1) is 31.3. The van der Waals surface area contributed by atoms with Crippen LogP contribution in [-0.4, -0.2) is 4.57 Å². The fourth-order valence-electron chi connectivity index (χ4n) is 9.50. The lowest BCUT2D eigenvalue weighted by Gasteiger charge is -2.28. The number of hydrogen-bond donors (Lipinski definition) is 0. The van der Waals surface area contributed by atoms with Crippen molar-refractivity contribution in [3.8, 4) is 50.2 Å².